The highest BCUT2D eigenvalue weighted by atomic mass is 19.3. The summed E-state index contributed by atoms with van der Waals surface area (Å²) in [6.45, 7) is -1.29. The Bertz CT molecular complexity index is 869. The van der Waals surface area contributed by atoms with Crippen molar-refractivity contribution in [1.82, 2.24) is 20.5 Å². The van der Waals surface area contributed by atoms with Crippen molar-refractivity contribution in [2.75, 3.05) is 20.1 Å². The van der Waals surface area contributed by atoms with Gasteiger partial charge >= 0.3 is 6.61 Å². The van der Waals surface area contributed by atoms with E-state index in [-0.39, 0.29) is 36.0 Å². The number of ether oxygens (including phenoxy) is 1. The maximum absolute atomic E-state index is 12.9. The number of carbonyl (C=O) groups is 3. The summed E-state index contributed by atoms with van der Waals surface area (Å²) in [6.07, 6.45) is 1.35. The average Bonchev–Trinajstić information content (AvgIpc) is 3.18. The molecule has 0 saturated carbocycles. The van der Waals surface area contributed by atoms with E-state index in [9.17, 15) is 23.2 Å². The number of nitrogens with one attached hydrogen (secondary N) is 3. The highest BCUT2D eigenvalue weighted by Gasteiger charge is 2.23. The minimum absolute atomic E-state index is 0.0886. The number of carbonyl (C=O) groups excluding carboxylic acids is 3. The monoisotopic (exact) mass is 408 g/mol. The molecule has 0 saturated heterocycles. The van der Waals surface area contributed by atoms with Gasteiger partial charge in [-0.25, -0.2) is 0 Å². The highest BCUT2D eigenvalue weighted by Crippen LogP contribution is 2.23. The number of aromatic amines is 1. The van der Waals surface area contributed by atoms with Gasteiger partial charge in [0.2, 0.25) is 5.91 Å². The molecular formula is C19H22F2N4O4. The summed E-state index contributed by atoms with van der Waals surface area (Å²) in [4.78, 5) is 40.6. The first-order chi connectivity index (χ1) is 13.8. The number of aromatic nitrogens is 1. The van der Waals surface area contributed by atoms with Gasteiger partial charge in [0.1, 0.15) is 18.0 Å². The van der Waals surface area contributed by atoms with Crippen molar-refractivity contribution in [3.05, 3.63) is 53.3 Å². The van der Waals surface area contributed by atoms with Gasteiger partial charge in [-0.3, -0.25) is 14.4 Å². The molecular weight excluding hydrogens is 386 g/mol. The quantitative estimate of drug-likeness (QED) is 0.588. The summed E-state index contributed by atoms with van der Waals surface area (Å²) in [5, 5.41) is 5.02. The van der Waals surface area contributed by atoms with E-state index in [1.165, 1.54) is 42.4 Å². The Morgan fingerprint density at radius 2 is 1.97 bits per heavy atom. The SMILES string of the molecule is CCNC(=O)c1cc(C(=O)N(CC(=O)NC)Cc2ccccc2OC(F)F)c[nH]1. The molecule has 10 heteroatoms. The smallest absolute Gasteiger partial charge is 0.387 e. The van der Waals surface area contributed by atoms with Crippen LogP contribution >= 0.6 is 0 Å². The van der Waals surface area contributed by atoms with Gasteiger partial charge in [0.15, 0.2) is 0 Å². The second-order valence-electron chi connectivity index (χ2n) is 5.98. The first-order valence-corrected chi connectivity index (χ1v) is 8.84. The fraction of sp³-hybridized carbons (Fsp3) is 0.316. The number of hydrogen-bond donors (Lipinski definition) is 3. The average molecular weight is 408 g/mol. The van der Waals surface area contributed by atoms with Crippen LogP contribution < -0.4 is 15.4 Å². The molecule has 1 heterocycles. The molecule has 0 bridgehead atoms. The van der Waals surface area contributed by atoms with Crippen molar-refractivity contribution in [3.8, 4) is 5.75 Å². The molecule has 1 aromatic carbocycles. The van der Waals surface area contributed by atoms with Gasteiger partial charge in [-0.1, -0.05) is 18.2 Å². The Morgan fingerprint density at radius 1 is 1.24 bits per heavy atom. The largest absolute Gasteiger partial charge is 0.434 e. The van der Waals surface area contributed by atoms with Crippen LogP contribution in [0.2, 0.25) is 0 Å². The van der Waals surface area contributed by atoms with Crippen LogP contribution in [0.25, 0.3) is 0 Å². The molecule has 29 heavy (non-hydrogen) atoms. The molecule has 0 fully saturated rings. The van der Waals surface area contributed by atoms with Crippen LogP contribution in [0.1, 0.15) is 33.3 Å². The third-order valence-electron chi connectivity index (χ3n) is 3.96. The van der Waals surface area contributed by atoms with Gasteiger partial charge in [0.05, 0.1) is 12.1 Å². The van der Waals surface area contributed by atoms with Crippen LogP contribution in [0.3, 0.4) is 0 Å². The first kappa shape index (κ1) is 21.9. The van der Waals surface area contributed by atoms with Crippen LogP contribution in [0, 0.1) is 0 Å². The summed E-state index contributed by atoms with van der Waals surface area (Å²) >= 11 is 0. The minimum atomic E-state index is -3.02. The standard InChI is InChI=1S/C19H22F2N4O4/c1-3-23-17(27)14-8-13(9-24-14)18(28)25(11-16(26)22-2)10-12-6-4-5-7-15(12)29-19(20)21/h4-9,19,24H,3,10-11H2,1-2H3,(H,22,26)(H,23,27). The van der Waals surface area contributed by atoms with Crippen LogP contribution in [0.15, 0.2) is 36.5 Å². The lowest BCUT2D eigenvalue weighted by Gasteiger charge is -2.23. The van der Waals surface area contributed by atoms with Crippen LogP contribution in [0.4, 0.5) is 8.78 Å². The number of H-pyrrole nitrogens is 1. The normalized spacial score (nSPS) is 10.5. The Balaban J connectivity index is 2.28. The number of nitrogens with zero attached hydrogens (tertiary/aromatic N) is 1. The van der Waals surface area contributed by atoms with Gasteiger partial charge in [0, 0.05) is 25.4 Å². The summed E-state index contributed by atoms with van der Waals surface area (Å²) in [7, 11) is 1.42. The third-order valence-corrected chi connectivity index (χ3v) is 3.96. The van der Waals surface area contributed by atoms with Crippen LogP contribution in [0.5, 0.6) is 5.75 Å². The fourth-order valence-corrected chi connectivity index (χ4v) is 2.59. The lowest BCUT2D eigenvalue weighted by atomic mass is 10.1. The third kappa shape index (κ3) is 6.03. The molecule has 1 aromatic heterocycles. The molecule has 0 aliphatic carbocycles. The zero-order valence-corrected chi connectivity index (χ0v) is 16.0. The molecule has 0 unspecified atom stereocenters. The molecule has 0 atom stereocenters. The predicted octanol–water partition coefficient (Wildman–Crippen LogP) is 1.75. The second-order valence-corrected chi connectivity index (χ2v) is 5.98. The molecule has 3 N–H and O–H groups in total. The van der Waals surface area contributed by atoms with E-state index in [0.29, 0.717) is 12.1 Å². The Labute approximate surface area is 166 Å². The molecule has 0 aliphatic rings. The molecule has 0 aliphatic heterocycles. The van der Waals surface area contributed by atoms with Gasteiger partial charge < -0.3 is 25.3 Å². The molecule has 8 nitrogen and oxygen atoms in total. The van der Waals surface area contributed by atoms with Crippen LogP contribution in [-0.4, -0.2) is 54.4 Å². The van der Waals surface area contributed by atoms with Crippen molar-refractivity contribution in [3.63, 3.8) is 0 Å². The number of hydrogen-bond acceptors (Lipinski definition) is 4. The maximum Gasteiger partial charge on any atom is 0.387 e. The van der Waals surface area contributed by atoms with E-state index in [1.54, 1.807) is 13.0 Å². The van der Waals surface area contributed by atoms with Crippen molar-refractivity contribution >= 4 is 17.7 Å². The zero-order valence-electron chi connectivity index (χ0n) is 16.0. The zero-order chi connectivity index (χ0) is 21.4. The Morgan fingerprint density at radius 3 is 2.62 bits per heavy atom. The maximum atomic E-state index is 12.9. The van der Waals surface area contributed by atoms with E-state index in [1.807, 2.05) is 0 Å². The summed E-state index contributed by atoms with van der Waals surface area (Å²) in [6, 6.07) is 7.38. The predicted molar refractivity (Wildman–Crippen MR) is 101 cm³/mol. The van der Waals surface area contributed by atoms with Crippen LogP contribution in [-0.2, 0) is 11.3 Å². The number of rotatable bonds is 9. The van der Waals surface area contributed by atoms with Gasteiger partial charge in [-0.15, -0.1) is 0 Å². The summed E-state index contributed by atoms with van der Waals surface area (Å²) in [5.74, 6) is -1.45. The van der Waals surface area contributed by atoms with Gasteiger partial charge in [-0.05, 0) is 19.1 Å². The lowest BCUT2D eigenvalue weighted by molar-refractivity contribution is -0.121. The Hall–Kier alpha value is -3.43. The van der Waals surface area contributed by atoms with Gasteiger partial charge in [-0.2, -0.15) is 8.78 Å². The molecule has 0 radical (unpaired) electrons. The van der Waals surface area contributed by atoms with E-state index in [0.717, 1.165) is 0 Å². The Kier molecular flexibility index (Phi) is 7.70. The second kappa shape index (κ2) is 10.2. The molecule has 3 amide bonds. The highest BCUT2D eigenvalue weighted by molar-refractivity contribution is 6.00. The number of para-hydroxylation sites is 1. The van der Waals surface area contributed by atoms with E-state index in [2.05, 4.69) is 20.4 Å². The topological polar surface area (TPSA) is 104 Å². The number of likely N-dealkylation sites (N-methyl/N-ethyl adjacent to an activating group) is 1. The first-order valence-electron chi connectivity index (χ1n) is 8.84. The molecule has 156 valence electrons. The molecule has 0 spiro atoms. The fourth-order valence-electron chi connectivity index (χ4n) is 2.59. The van der Waals surface area contributed by atoms with Crippen molar-refractivity contribution in [2.45, 2.75) is 20.1 Å². The molecule has 2 rings (SSSR count). The van der Waals surface area contributed by atoms with Crippen molar-refractivity contribution in [2.24, 2.45) is 0 Å². The summed E-state index contributed by atoms with van der Waals surface area (Å²) in [5.41, 5.74) is 0.656. The lowest BCUT2D eigenvalue weighted by Crippen LogP contribution is -2.39. The van der Waals surface area contributed by atoms with Gasteiger partial charge in [0.25, 0.3) is 11.8 Å². The number of alkyl halides is 2. The number of benzene rings is 1. The summed E-state index contributed by atoms with van der Waals surface area (Å²) < 4.78 is 29.8. The molecule has 2 aromatic rings. The van der Waals surface area contributed by atoms with E-state index >= 15 is 0 Å². The number of halogens is 2. The van der Waals surface area contributed by atoms with Crippen molar-refractivity contribution in [1.29, 1.82) is 0 Å². The van der Waals surface area contributed by atoms with E-state index < -0.39 is 18.4 Å². The van der Waals surface area contributed by atoms with E-state index in [4.69, 9.17) is 0 Å². The number of amides is 3. The van der Waals surface area contributed by atoms with Crippen molar-refractivity contribution < 1.29 is 27.9 Å². The minimum Gasteiger partial charge on any atom is -0.434 e.